The van der Waals surface area contributed by atoms with Crippen LogP contribution in [0.25, 0.3) is 6.08 Å². The molecular formula is C25H32N2O4. The van der Waals surface area contributed by atoms with E-state index in [1.807, 2.05) is 37.3 Å². The minimum absolute atomic E-state index is 0.125. The van der Waals surface area contributed by atoms with Crippen LogP contribution in [0.3, 0.4) is 0 Å². The van der Waals surface area contributed by atoms with Gasteiger partial charge in [-0.2, -0.15) is 0 Å². The van der Waals surface area contributed by atoms with Gasteiger partial charge in [-0.1, -0.05) is 18.2 Å². The first-order valence-electron chi connectivity index (χ1n) is 10.8. The molecule has 3 rings (SSSR count). The summed E-state index contributed by atoms with van der Waals surface area (Å²) in [5.74, 6) is 2.05. The Morgan fingerprint density at radius 3 is 2.61 bits per heavy atom. The standard InChI is InChI=1S/C25H32N2O4/c1-4-31-23-12-10-19(16-24(23)30-3)11-13-25(28)26-18-22(27-14-5-6-15-27)20-8-7-9-21(17-20)29-2/h7-13,16-17,22H,4-6,14-15,18H2,1-3H3,(H,26,28)/b13-11+. The van der Waals surface area contributed by atoms with Crippen molar-refractivity contribution in [1.82, 2.24) is 10.2 Å². The fourth-order valence-corrected chi connectivity index (χ4v) is 3.85. The van der Waals surface area contributed by atoms with E-state index in [1.54, 1.807) is 26.4 Å². The Morgan fingerprint density at radius 1 is 1.10 bits per heavy atom. The molecule has 0 aromatic heterocycles. The largest absolute Gasteiger partial charge is 0.497 e. The number of benzene rings is 2. The van der Waals surface area contributed by atoms with Gasteiger partial charge in [-0.25, -0.2) is 0 Å². The lowest BCUT2D eigenvalue weighted by Crippen LogP contribution is -2.36. The van der Waals surface area contributed by atoms with Crippen molar-refractivity contribution in [2.75, 3.05) is 40.5 Å². The zero-order valence-corrected chi connectivity index (χ0v) is 18.6. The molecule has 0 saturated carbocycles. The highest BCUT2D eigenvalue weighted by atomic mass is 16.5. The van der Waals surface area contributed by atoms with E-state index in [2.05, 4.69) is 22.3 Å². The molecule has 1 amide bonds. The van der Waals surface area contributed by atoms with Gasteiger partial charge in [0.1, 0.15) is 5.75 Å². The Balaban J connectivity index is 1.65. The number of hydrogen-bond acceptors (Lipinski definition) is 5. The van der Waals surface area contributed by atoms with E-state index in [0.29, 0.717) is 24.7 Å². The third-order valence-corrected chi connectivity index (χ3v) is 5.44. The van der Waals surface area contributed by atoms with Gasteiger partial charge in [-0.15, -0.1) is 0 Å². The number of carbonyl (C=O) groups is 1. The molecule has 1 heterocycles. The minimum atomic E-state index is -0.125. The second-order valence-electron chi connectivity index (χ2n) is 7.46. The molecule has 1 atom stereocenters. The second kappa shape index (κ2) is 11.4. The number of hydrogen-bond donors (Lipinski definition) is 1. The van der Waals surface area contributed by atoms with Gasteiger partial charge in [-0.05, 0) is 74.3 Å². The van der Waals surface area contributed by atoms with Crippen molar-refractivity contribution in [3.8, 4) is 17.2 Å². The van der Waals surface area contributed by atoms with E-state index in [0.717, 1.165) is 30.0 Å². The van der Waals surface area contributed by atoms with Crippen LogP contribution in [-0.2, 0) is 4.79 Å². The molecule has 0 aliphatic carbocycles. The minimum Gasteiger partial charge on any atom is -0.497 e. The maximum atomic E-state index is 12.5. The van der Waals surface area contributed by atoms with E-state index in [-0.39, 0.29) is 11.9 Å². The summed E-state index contributed by atoms with van der Waals surface area (Å²) in [6.07, 6.45) is 5.72. The number of nitrogens with one attached hydrogen (secondary N) is 1. The first-order chi connectivity index (χ1) is 15.1. The van der Waals surface area contributed by atoms with E-state index < -0.39 is 0 Å². The van der Waals surface area contributed by atoms with Gasteiger partial charge < -0.3 is 19.5 Å². The van der Waals surface area contributed by atoms with Crippen molar-refractivity contribution in [3.05, 3.63) is 59.7 Å². The number of likely N-dealkylation sites (tertiary alicyclic amines) is 1. The summed E-state index contributed by atoms with van der Waals surface area (Å²) in [6, 6.07) is 13.8. The van der Waals surface area contributed by atoms with E-state index >= 15 is 0 Å². The highest BCUT2D eigenvalue weighted by molar-refractivity contribution is 5.91. The Kier molecular flexibility index (Phi) is 8.35. The molecule has 1 N–H and O–H groups in total. The van der Waals surface area contributed by atoms with Crippen LogP contribution in [0.5, 0.6) is 17.2 Å². The number of methoxy groups -OCH3 is 2. The lowest BCUT2D eigenvalue weighted by molar-refractivity contribution is -0.116. The predicted octanol–water partition coefficient (Wildman–Crippen LogP) is 4.07. The summed E-state index contributed by atoms with van der Waals surface area (Å²) in [5, 5.41) is 3.06. The normalized spacial score (nSPS) is 15.1. The summed E-state index contributed by atoms with van der Waals surface area (Å²) >= 11 is 0. The van der Waals surface area contributed by atoms with Gasteiger partial charge in [0.15, 0.2) is 11.5 Å². The van der Waals surface area contributed by atoms with Gasteiger partial charge in [0.2, 0.25) is 5.91 Å². The molecule has 1 saturated heterocycles. The summed E-state index contributed by atoms with van der Waals surface area (Å²) in [6.45, 7) is 5.13. The predicted molar refractivity (Wildman–Crippen MR) is 123 cm³/mol. The van der Waals surface area contributed by atoms with Crippen LogP contribution in [0.2, 0.25) is 0 Å². The molecule has 0 spiro atoms. The third-order valence-electron chi connectivity index (χ3n) is 5.44. The maximum absolute atomic E-state index is 12.5. The highest BCUT2D eigenvalue weighted by Gasteiger charge is 2.24. The summed E-state index contributed by atoms with van der Waals surface area (Å²) in [7, 11) is 3.28. The SMILES string of the molecule is CCOc1ccc(/C=C/C(=O)NCC(c2cccc(OC)c2)N2CCCC2)cc1OC. The quantitative estimate of drug-likeness (QED) is 0.583. The molecule has 1 aliphatic rings. The average molecular weight is 425 g/mol. The van der Waals surface area contributed by atoms with E-state index in [4.69, 9.17) is 14.2 Å². The fourth-order valence-electron chi connectivity index (χ4n) is 3.85. The van der Waals surface area contributed by atoms with Crippen molar-refractivity contribution < 1.29 is 19.0 Å². The van der Waals surface area contributed by atoms with Crippen molar-refractivity contribution in [2.45, 2.75) is 25.8 Å². The van der Waals surface area contributed by atoms with Crippen LogP contribution >= 0.6 is 0 Å². The first-order valence-corrected chi connectivity index (χ1v) is 10.8. The molecule has 1 fully saturated rings. The molecule has 2 aromatic carbocycles. The molecule has 6 heteroatoms. The monoisotopic (exact) mass is 424 g/mol. The van der Waals surface area contributed by atoms with Gasteiger partial charge in [0, 0.05) is 12.6 Å². The Morgan fingerprint density at radius 2 is 1.90 bits per heavy atom. The van der Waals surface area contributed by atoms with Gasteiger partial charge >= 0.3 is 0 Å². The van der Waals surface area contributed by atoms with Crippen molar-refractivity contribution in [2.24, 2.45) is 0 Å². The lowest BCUT2D eigenvalue weighted by atomic mass is 10.0. The average Bonchev–Trinajstić information content (AvgIpc) is 3.33. The molecule has 1 unspecified atom stereocenters. The second-order valence-corrected chi connectivity index (χ2v) is 7.46. The van der Waals surface area contributed by atoms with Crippen LogP contribution in [0, 0.1) is 0 Å². The zero-order chi connectivity index (χ0) is 22.1. The topological polar surface area (TPSA) is 60.0 Å². The maximum Gasteiger partial charge on any atom is 0.244 e. The summed E-state index contributed by atoms with van der Waals surface area (Å²) in [5.41, 5.74) is 2.03. The lowest BCUT2D eigenvalue weighted by Gasteiger charge is -2.28. The smallest absolute Gasteiger partial charge is 0.244 e. The summed E-state index contributed by atoms with van der Waals surface area (Å²) < 4.78 is 16.3. The molecule has 31 heavy (non-hydrogen) atoms. The number of amides is 1. The Bertz CT molecular complexity index is 891. The van der Waals surface area contributed by atoms with Gasteiger partial charge in [-0.3, -0.25) is 9.69 Å². The van der Waals surface area contributed by atoms with Crippen molar-refractivity contribution in [3.63, 3.8) is 0 Å². The number of rotatable bonds is 10. The van der Waals surface area contributed by atoms with Crippen molar-refractivity contribution in [1.29, 1.82) is 0 Å². The Labute approximate surface area is 184 Å². The van der Waals surface area contributed by atoms with Gasteiger partial charge in [0.05, 0.1) is 26.9 Å². The number of nitrogens with zero attached hydrogens (tertiary/aromatic N) is 1. The molecule has 2 aromatic rings. The highest BCUT2D eigenvalue weighted by Crippen LogP contribution is 2.29. The van der Waals surface area contributed by atoms with Crippen molar-refractivity contribution >= 4 is 12.0 Å². The number of ether oxygens (including phenoxy) is 3. The molecule has 1 aliphatic heterocycles. The zero-order valence-electron chi connectivity index (χ0n) is 18.6. The Hall–Kier alpha value is -2.99. The molecule has 0 bridgehead atoms. The van der Waals surface area contributed by atoms with Crippen LogP contribution in [0.1, 0.15) is 36.9 Å². The molecule has 6 nitrogen and oxygen atoms in total. The molecule has 0 radical (unpaired) electrons. The molecular weight excluding hydrogens is 392 g/mol. The first kappa shape index (κ1) is 22.7. The third kappa shape index (κ3) is 6.25. The molecule has 166 valence electrons. The fraction of sp³-hybridized carbons (Fsp3) is 0.400. The van der Waals surface area contributed by atoms with E-state index in [9.17, 15) is 4.79 Å². The van der Waals surface area contributed by atoms with Gasteiger partial charge in [0.25, 0.3) is 0 Å². The summed E-state index contributed by atoms with van der Waals surface area (Å²) in [4.78, 5) is 14.9. The number of carbonyl (C=O) groups excluding carboxylic acids is 1. The van der Waals surface area contributed by atoms with E-state index in [1.165, 1.54) is 12.8 Å². The van der Waals surface area contributed by atoms with Crippen LogP contribution in [0.15, 0.2) is 48.5 Å². The van der Waals surface area contributed by atoms with Crippen LogP contribution < -0.4 is 19.5 Å². The van der Waals surface area contributed by atoms with Crippen LogP contribution in [-0.4, -0.2) is 51.3 Å². The van der Waals surface area contributed by atoms with Crippen LogP contribution in [0.4, 0.5) is 0 Å².